The summed E-state index contributed by atoms with van der Waals surface area (Å²) >= 11 is 0. The molecule has 4 rings (SSSR count). The van der Waals surface area contributed by atoms with Crippen molar-refractivity contribution >= 4 is 15.9 Å². The van der Waals surface area contributed by atoms with Crippen LogP contribution in [0.15, 0.2) is 83.8 Å². The van der Waals surface area contributed by atoms with Crippen LogP contribution in [-0.4, -0.2) is 31.2 Å². The molecule has 3 aromatic rings. The minimum Gasteiger partial charge on any atom is -0.489 e. The minimum absolute atomic E-state index is 0.143. The van der Waals surface area contributed by atoms with E-state index >= 15 is 0 Å². The van der Waals surface area contributed by atoms with Crippen LogP contribution < -0.4 is 10.1 Å². The summed E-state index contributed by atoms with van der Waals surface area (Å²) in [4.78, 5) is 12.6. The van der Waals surface area contributed by atoms with E-state index < -0.39 is 21.9 Å². The van der Waals surface area contributed by atoms with Gasteiger partial charge in [-0.25, -0.2) is 12.8 Å². The van der Waals surface area contributed by atoms with Gasteiger partial charge >= 0.3 is 0 Å². The third-order valence-corrected chi connectivity index (χ3v) is 7.45. The summed E-state index contributed by atoms with van der Waals surface area (Å²) in [6.45, 7) is 0.946. The van der Waals surface area contributed by atoms with Crippen LogP contribution in [0.4, 0.5) is 4.39 Å². The van der Waals surface area contributed by atoms with Crippen LogP contribution in [0.1, 0.15) is 24.0 Å². The molecule has 1 N–H and O–H groups in total. The molecule has 0 aliphatic carbocycles. The number of para-hydroxylation sites is 1. The van der Waals surface area contributed by atoms with Crippen LogP contribution in [0, 0.1) is 5.82 Å². The average Bonchev–Trinajstić information content (AvgIpc) is 3.34. The summed E-state index contributed by atoms with van der Waals surface area (Å²) in [6, 6.07) is 21.3. The van der Waals surface area contributed by atoms with Gasteiger partial charge in [-0.2, -0.15) is 4.31 Å². The number of nitrogens with zero attached hydrogens (tertiary/aromatic N) is 1. The van der Waals surface area contributed by atoms with E-state index in [4.69, 9.17) is 4.74 Å². The lowest BCUT2D eigenvalue weighted by Gasteiger charge is -2.23. The van der Waals surface area contributed by atoms with E-state index in [1.807, 2.05) is 54.6 Å². The Morgan fingerprint density at radius 1 is 1.00 bits per heavy atom. The zero-order chi connectivity index (χ0) is 23.3. The van der Waals surface area contributed by atoms with Crippen LogP contribution >= 0.6 is 0 Å². The van der Waals surface area contributed by atoms with Gasteiger partial charge in [-0.15, -0.1) is 0 Å². The first-order valence-electron chi connectivity index (χ1n) is 10.7. The third kappa shape index (κ3) is 5.58. The molecule has 172 valence electrons. The third-order valence-electron chi connectivity index (χ3n) is 5.55. The zero-order valence-electron chi connectivity index (χ0n) is 18.0. The molecule has 33 heavy (non-hydrogen) atoms. The smallest absolute Gasteiger partial charge is 0.243 e. The number of rotatable bonds is 8. The maximum atomic E-state index is 13.5. The van der Waals surface area contributed by atoms with Gasteiger partial charge in [0.25, 0.3) is 0 Å². The molecule has 1 heterocycles. The van der Waals surface area contributed by atoms with Crippen molar-refractivity contribution < 1.29 is 22.3 Å². The first-order valence-corrected chi connectivity index (χ1v) is 12.2. The van der Waals surface area contributed by atoms with E-state index in [1.165, 1.54) is 22.5 Å². The van der Waals surface area contributed by atoms with Gasteiger partial charge in [-0.05, 0) is 54.3 Å². The largest absolute Gasteiger partial charge is 0.489 e. The van der Waals surface area contributed by atoms with E-state index in [9.17, 15) is 17.6 Å². The summed E-state index contributed by atoms with van der Waals surface area (Å²) in [6.07, 6.45) is 0.999. The molecule has 1 fully saturated rings. The summed E-state index contributed by atoms with van der Waals surface area (Å²) in [5.41, 5.74) is 1.89. The Hall–Kier alpha value is -3.23. The Bertz CT molecular complexity index is 1200. The van der Waals surface area contributed by atoms with Gasteiger partial charge in [0.05, 0.1) is 4.90 Å². The highest BCUT2D eigenvalue weighted by molar-refractivity contribution is 7.89. The Morgan fingerprint density at radius 3 is 2.45 bits per heavy atom. The second kappa shape index (κ2) is 10.1. The first kappa shape index (κ1) is 22.9. The maximum Gasteiger partial charge on any atom is 0.243 e. The molecule has 1 aliphatic heterocycles. The molecule has 3 aromatic carbocycles. The normalized spacial score (nSPS) is 16.5. The lowest BCUT2D eigenvalue weighted by molar-refractivity contribution is -0.124. The van der Waals surface area contributed by atoms with Gasteiger partial charge in [0.2, 0.25) is 15.9 Å². The van der Waals surface area contributed by atoms with Crippen LogP contribution in [0.5, 0.6) is 5.75 Å². The van der Waals surface area contributed by atoms with Crippen molar-refractivity contribution in [3.05, 3.63) is 95.8 Å². The van der Waals surface area contributed by atoms with Gasteiger partial charge in [-0.1, -0.05) is 48.5 Å². The van der Waals surface area contributed by atoms with E-state index in [2.05, 4.69) is 5.32 Å². The Kier molecular flexibility index (Phi) is 7.05. The molecular formula is C25H25FN2O4S. The van der Waals surface area contributed by atoms with Gasteiger partial charge in [-0.3, -0.25) is 4.79 Å². The second-order valence-corrected chi connectivity index (χ2v) is 9.76. The van der Waals surface area contributed by atoms with Gasteiger partial charge < -0.3 is 10.1 Å². The van der Waals surface area contributed by atoms with Crippen LogP contribution in [-0.2, 0) is 28.0 Å². The number of hydrogen-bond acceptors (Lipinski definition) is 4. The number of sulfonamides is 1. The fourth-order valence-corrected chi connectivity index (χ4v) is 5.48. The number of carbonyl (C=O) groups is 1. The highest BCUT2D eigenvalue weighted by atomic mass is 32.2. The topological polar surface area (TPSA) is 75.7 Å². The van der Waals surface area contributed by atoms with Crippen molar-refractivity contribution in [3.8, 4) is 5.75 Å². The molecule has 1 saturated heterocycles. The first-order chi connectivity index (χ1) is 15.9. The lowest BCUT2D eigenvalue weighted by atomic mass is 10.1. The predicted molar refractivity (Wildman–Crippen MR) is 122 cm³/mol. The molecule has 0 radical (unpaired) electrons. The molecule has 1 amide bonds. The van der Waals surface area contributed by atoms with E-state index in [1.54, 1.807) is 0 Å². The zero-order valence-corrected chi connectivity index (χ0v) is 18.8. The Morgan fingerprint density at radius 2 is 1.73 bits per heavy atom. The lowest BCUT2D eigenvalue weighted by Crippen LogP contribution is -2.45. The molecule has 1 aliphatic rings. The number of halogens is 1. The Labute approximate surface area is 193 Å². The minimum atomic E-state index is -3.95. The Balaban J connectivity index is 1.34. The number of ether oxygens (including phenoxy) is 1. The quantitative estimate of drug-likeness (QED) is 0.545. The van der Waals surface area contributed by atoms with Crippen molar-refractivity contribution in [2.75, 3.05) is 6.54 Å². The summed E-state index contributed by atoms with van der Waals surface area (Å²) in [5, 5.41) is 2.83. The van der Waals surface area contributed by atoms with E-state index in [0.717, 1.165) is 22.9 Å². The number of hydrogen-bond donors (Lipinski definition) is 1. The standard InChI is InChI=1S/C25H25FN2O4S/c26-21-6-4-9-23(16-21)33(30,31)28-15-5-10-24(28)25(29)27-17-19-11-13-20(14-12-19)18-32-22-7-2-1-3-8-22/h1-4,6-9,11-14,16,24H,5,10,15,17-18H2,(H,27,29)/t24-/m0/s1. The molecule has 0 bridgehead atoms. The van der Waals surface area contributed by atoms with Crippen molar-refractivity contribution in [1.82, 2.24) is 9.62 Å². The molecule has 0 aromatic heterocycles. The molecule has 8 heteroatoms. The van der Waals surface area contributed by atoms with Gasteiger partial charge in [0, 0.05) is 13.1 Å². The van der Waals surface area contributed by atoms with E-state index in [-0.39, 0.29) is 23.9 Å². The maximum absolute atomic E-state index is 13.5. The highest BCUT2D eigenvalue weighted by Gasteiger charge is 2.39. The molecule has 0 saturated carbocycles. The van der Waals surface area contributed by atoms with Crippen molar-refractivity contribution in [1.29, 1.82) is 0 Å². The van der Waals surface area contributed by atoms with Crippen LogP contribution in [0.3, 0.4) is 0 Å². The fraction of sp³-hybridized carbons (Fsp3) is 0.240. The van der Waals surface area contributed by atoms with Gasteiger partial charge in [0.15, 0.2) is 0 Å². The number of benzene rings is 3. The van der Waals surface area contributed by atoms with Gasteiger partial charge in [0.1, 0.15) is 24.2 Å². The SMILES string of the molecule is O=C(NCc1ccc(COc2ccccc2)cc1)[C@@H]1CCCN1S(=O)(=O)c1cccc(F)c1. The molecule has 0 spiro atoms. The predicted octanol–water partition coefficient (Wildman–Crippen LogP) is 3.87. The molecule has 0 unspecified atom stereocenters. The highest BCUT2D eigenvalue weighted by Crippen LogP contribution is 2.26. The monoisotopic (exact) mass is 468 g/mol. The molecule has 1 atom stereocenters. The fourth-order valence-electron chi connectivity index (χ4n) is 3.80. The summed E-state index contributed by atoms with van der Waals surface area (Å²) < 4.78 is 46.3. The molecular weight excluding hydrogens is 443 g/mol. The second-order valence-electron chi connectivity index (χ2n) is 7.87. The number of nitrogens with one attached hydrogen (secondary N) is 1. The van der Waals surface area contributed by atoms with Crippen molar-refractivity contribution in [2.45, 2.75) is 36.9 Å². The van der Waals surface area contributed by atoms with E-state index in [0.29, 0.717) is 19.4 Å². The summed E-state index contributed by atoms with van der Waals surface area (Å²) in [5.74, 6) is -0.194. The van der Waals surface area contributed by atoms with Crippen molar-refractivity contribution in [2.24, 2.45) is 0 Å². The summed E-state index contributed by atoms with van der Waals surface area (Å²) in [7, 11) is -3.95. The van der Waals surface area contributed by atoms with Crippen molar-refractivity contribution in [3.63, 3.8) is 0 Å². The molecule has 6 nitrogen and oxygen atoms in total. The van der Waals surface area contributed by atoms with Crippen LogP contribution in [0.2, 0.25) is 0 Å². The van der Waals surface area contributed by atoms with Crippen LogP contribution in [0.25, 0.3) is 0 Å². The number of amides is 1. The average molecular weight is 469 g/mol. The number of carbonyl (C=O) groups excluding carboxylic acids is 1.